The van der Waals surface area contributed by atoms with Gasteiger partial charge in [0, 0.05) is 0 Å². The molecule has 2 aromatic rings. The van der Waals surface area contributed by atoms with Crippen LogP contribution in [-0.4, -0.2) is 0 Å². The third-order valence-electron chi connectivity index (χ3n) is 3.03. The van der Waals surface area contributed by atoms with Crippen molar-refractivity contribution in [2.75, 3.05) is 0 Å². The molecule has 0 fully saturated rings. The van der Waals surface area contributed by atoms with Crippen molar-refractivity contribution in [3.05, 3.63) is 85.0 Å². The quantitative estimate of drug-likeness (QED) is 0.651. The first-order valence-electron chi connectivity index (χ1n) is 6.24. The first-order valence-corrected chi connectivity index (χ1v) is 6.24. The SMILES string of the molecule is C=CCc1ccc(-c2ccccc2CC=C)cc1. The lowest BCUT2D eigenvalue weighted by Gasteiger charge is -2.08. The Hall–Kier alpha value is -2.08. The first kappa shape index (κ1) is 12.4. The molecule has 0 atom stereocenters. The van der Waals surface area contributed by atoms with Gasteiger partial charge in [-0.15, -0.1) is 13.2 Å². The predicted molar refractivity (Wildman–Crippen MR) is 79.7 cm³/mol. The Morgan fingerprint density at radius 3 is 2.11 bits per heavy atom. The Labute approximate surface area is 109 Å². The third-order valence-corrected chi connectivity index (χ3v) is 3.03. The third kappa shape index (κ3) is 2.78. The molecule has 0 heteroatoms. The summed E-state index contributed by atoms with van der Waals surface area (Å²) >= 11 is 0. The summed E-state index contributed by atoms with van der Waals surface area (Å²) in [6.45, 7) is 7.58. The van der Waals surface area contributed by atoms with Crippen LogP contribution in [0.4, 0.5) is 0 Å². The van der Waals surface area contributed by atoms with E-state index in [1.54, 1.807) is 0 Å². The average molecular weight is 234 g/mol. The van der Waals surface area contributed by atoms with Crippen LogP contribution in [0, 0.1) is 0 Å². The Balaban J connectivity index is 2.35. The summed E-state index contributed by atoms with van der Waals surface area (Å²) in [4.78, 5) is 0. The van der Waals surface area contributed by atoms with Gasteiger partial charge in [0.05, 0.1) is 0 Å². The van der Waals surface area contributed by atoms with E-state index in [2.05, 4.69) is 61.7 Å². The summed E-state index contributed by atoms with van der Waals surface area (Å²) in [7, 11) is 0. The Bertz CT molecular complexity index is 532. The fraction of sp³-hybridized carbons (Fsp3) is 0.111. The number of hydrogen-bond acceptors (Lipinski definition) is 0. The largest absolute Gasteiger partial charge is 0.103 e. The van der Waals surface area contributed by atoms with Crippen LogP contribution in [0.1, 0.15) is 11.1 Å². The van der Waals surface area contributed by atoms with Crippen LogP contribution < -0.4 is 0 Å². The summed E-state index contributed by atoms with van der Waals surface area (Å²) in [5, 5.41) is 0. The van der Waals surface area contributed by atoms with Crippen molar-refractivity contribution in [3.63, 3.8) is 0 Å². The molecule has 18 heavy (non-hydrogen) atoms. The van der Waals surface area contributed by atoms with Crippen LogP contribution in [0.25, 0.3) is 11.1 Å². The van der Waals surface area contributed by atoms with E-state index in [4.69, 9.17) is 0 Å². The molecule has 0 unspecified atom stereocenters. The van der Waals surface area contributed by atoms with Crippen LogP contribution in [0.3, 0.4) is 0 Å². The van der Waals surface area contributed by atoms with Gasteiger partial charge in [0.25, 0.3) is 0 Å². The van der Waals surface area contributed by atoms with Gasteiger partial charge in [0.1, 0.15) is 0 Å². The fourth-order valence-electron chi connectivity index (χ4n) is 2.12. The van der Waals surface area contributed by atoms with Crippen molar-refractivity contribution in [2.45, 2.75) is 12.8 Å². The smallest absolute Gasteiger partial charge is 0.00940 e. The zero-order valence-corrected chi connectivity index (χ0v) is 10.6. The highest BCUT2D eigenvalue weighted by Crippen LogP contribution is 2.24. The van der Waals surface area contributed by atoms with Gasteiger partial charge < -0.3 is 0 Å². The molecule has 0 aromatic heterocycles. The van der Waals surface area contributed by atoms with Gasteiger partial charge in [-0.05, 0) is 35.1 Å². The summed E-state index contributed by atoms with van der Waals surface area (Å²) in [5.74, 6) is 0. The second-order valence-electron chi connectivity index (χ2n) is 4.34. The molecular weight excluding hydrogens is 216 g/mol. The van der Waals surface area contributed by atoms with Gasteiger partial charge >= 0.3 is 0 Å². The molecule has 0 N–H and O–H groups in total. The highest BCUT2D eigenvalue weighted by molar-refractivity contribution is 5.67. The number of rotatable bonds is 5. The van der Waals surface area contributed by atoms with Crippen LogP contribution in [0.2, 0.25) is 0 Å². The molecule has 0 saturated carbocycles. The standard InChI is InChI=1S/C18H18/c1-3-7-15-11-13-17(14-12-15)18-10-6-5-9-16(18)8-4-2/h3-6,9-14H,1-2,7-8H2. The van der Waals surface area contributed by atoms with E-state index in [0.29, 0.717) is 0 Å². The average Bonchev–Trinajstić information content (AvgIpc) is 2.41. The molecule has 0 aliphatic rings. The van der Waals surface area contributed by atoms with Crippen molar-refractivity contribution in [1.29, 1.82) is 0 Å². The van der Waals surface area contributed by atoms with Crippen LogP contribution in [0.5, 0.6) is 0 Å². The maximum atomic E-state index is 3.82. The minimum atomic E-state index is 0.907. The Kier molecular flexibility index (Phi) is 4.14. The summed E-state index contributed by atoms with van der Waals surface area (Å²) in [6.07, 6.45) is 5.71. The highest BCUT2D eigenvalue weighted by Gasteiger charge is 2.02. The van der Waals surface area contributed by atoms with Gasteiger partial charge in [-0.3, -0.25) is 0 Å². The van der Waals surface area contributed by atoms with Crippen LogP contribution >= 0.6 is 0 Å². The second-order valence-corrected chi connectivity index (χ2v) is 4.34. The molecule has 0 spiro atoms. The zero-order valence-electron chi connectivity index (χ0n) is 10.6. The summed E-state index contributed by atoms with van der Waals surface area (Å²) in [6, 6.07) is 17.2. The van der Waals surface area contributed by atoms with E-state index in [0.717, 1.165) is 12.8 Å². The van der Waals surface area contributed by atoms with E-state index in [1.165, 1.54) is 22.3 Å². The Morgan fingerprint density at radius 1 is 0.778 bits per heavy atom. The normalized spacial score (nSPS) is 10.0. The first-order chi connectivity index (χ1) is 8.85. The predicted octanol–water partition coefficient (Wildman–Crippen LogP) is 4.81. The van der Waals surface area contributed by atoms with E-state index < -0.39 is 0 Å². The summed E-state index contributed by atoms with van der Waals surface area (Å²) in [5.41, 5.74) is 5.18. The van der Waals surface area contributed by atoms with Crippen LogP contribution in [0.15, 0.2) is 73.8 Å². The van der Waals surface area contributed by atoms with E-state index in [-0.39, 0.29) is 0 Å². The lowest BCUT2D eigenvalue weighted by atomic mass is 9.96. The molecule has 0 nitrogen and oxygen atoms in total. The number of allylic oxidation sites excluding steroid dienone is 2. The van der Waals surface area contributed by atoms with Gasteiger partial charge in [0.15, 0.2) is 0 Å². The molecule has 0 heterocycles. The number of hydrogen-bond donors (Lipinski definition) is 0. The highest BCUT2D eigenvalue weighted by atomic mass is 14.1. The van der Waals surface area contributed by atoms with Crippen molar-refractivity contribution >= 4 is 0 Å². The number of benzene rings is 2. The monoisotopic (exact) mass is 234 g/mol. The molecule has 90 valence electrons. The topological polar surface area (TPSA) is 0 Å². The van der Waals surface area contributed by atoms with Gasteiger partial charge in [0.2, 0.25) is 0 Å². The molecule has 0 amide bonds. The molecule has 2 rings (SSSR count). The van der Waals surface area contributed by atoms with E-state index in [1.807, 2.05) is 12.2 Å². The van der Waals surface area contributed by atoms with Crippen molar-refractivity contribution in [1.82, 2.24) is 0 Å². The van der Waals surface area contributed by atoms with Crippen molar-refractivity contribution < 1.29 is 0 Å². The molecule has 0 radical (unpaired) electrons. The molecule has 0 saturated heterocycles. The van der Waals surface area contributed by atoms with Crippen molar-refractivity contribution in [2.24, 2.45) is 0 Å². The molecule has 0 aliphatic carbocycles. The summed E-state index contributed by atoms with van der Waals surface area (Å²) < 4.78 is 0. The molecule has 2 aromatic carbocycles. The lowest BCUT2D eigenvalue weighted by Crippen LogP contribution is -1.88. The second kappa shape index (κ2) is 6.02. The van der Waals surface area contributed by atoms with Gasteiger partial charge in [-0.1, -0.05) is 60.7 Å². The maximum Gasteiger partial charge on any atom is -0.00940 e. The van der Waals surface area contributed by atoms with Gasteiger partial charge in [-0.2, -0.15) is 0 Å². The van der Waals surface area contributed by atoms with Crippen molar-refractivity contribution in [3.8, 4) is 11.1 Å². The minimum absolute atomic E-state index is 0.907. The Morgan fingerprint density at radius 2 is 1.44 bits per heavy atom. The minimum Gasteiger partial charge on any atom is -0.103 e. The van der Waals surface area contributed by atoms with Gasteiger partial charge in [-0.25, -0.2) is 0 Å². The fourth-order valence-corrected chi connectivity index (χ4v) is 2.12. The molecule has 0 aliphatic heterocycles. The maximum absolute atomic E-state index is 3.82. The zero-order chi connectivity index (χ0) is 12.8. The molecular formula is C18H18. The van der Waals surface area contributed by atoms with E-state index in [9.17, 15) is 0 Å². The molecule has 0 bridgehead atoms. The lowest BCUT2D eigenvalue weighted by molar-refractivity contribution is 1.26. The van der Waals surface area contributed by atoms with E-state index >= 15 is 0 Å². The van der Waals surface area contributed by atoms with Crippen LogP contribution in [-0.2, 0) is 12.8 Å².